The van der Waals surface area contributed by atoms with E-state index in [-0.39, 0.29) is 11.9 Å². The Hall–Kier alpha value is -1.52. The Balaban J connectivity index is 2.26. The molecular formula is C16H16BrClN2O. The van der Waals surface area contributed by atoms with Crippen LogP contribution in [0.4, 0.5) is 11.4 Å². The molecule has 21 heavy (non-hydrogen) atoms. The summed E-state index contributed by atoms with van der Waals surface area (Å²) in [5, 5.41) is 6.71. The van der Waals surface area contributed by atoms with E-state index in [2.05, 4.69) is 26.6 Å². The minimum atomic E-state index is -0.179. The Morgan fingerprint density at radius 1 is 1.14 bits per heavy atom. The molecule has 0 spiro atoms. The highest BCUT2D eigenvalue weighted by Crippen LogP contribution is 2.27. The molecule has 5 heteroatoms. The van der Waals surface area contributed by atoms with Gasteiger partial charge in [0.25, 0.3) is 5.91 Å². The van der Waals surface area contributed by atoms with Crippen molar-refractivity contribution in [3.63, 3.8) is 0 Å². The fourth-order valence-corrected chi connectivity index (χ4v) is 2.42. The summed E-state index contributed by atoms with van der Waals surface area (Å²) in [6.07, 6.45) is 0. The number of carbonyl (C=O) groups is 1. The molecule has 0 atom stereocenters. The molecule has 2 rings (SSSR count). The summed E-state index contributed by atoms with van der Waals surface area (Å²) in [7, 11) is 0. The van der Waals surface area contributed by atoms with Crippen LogP contribution in [-0.2, 0) is 0 Å². The highest BCUT2D eigenvalue weighted by atomic mass is 79.9. The van der Waals surface area contributed by atoms with E-state index < -0.39 is 0 Å². The van der Waals surface area contributed by atoms with Gasteiger partial charge in [0.05, 0.1) is 11.3 Å². The van der Waals surface area contributed by atoms with Crippen molar-refractivity contribution in [1.82, 2.24) is 0 Å². The summed E-state index contributed by atoms with van der Waals surface area (Å²) in [5.41, 5.74) is 2.05. The molecule has 2 aromatic rings. The molecule has 0 aliphatic carbocycles. The molecule has 0 aliphatic heterocycles. The average molecular weight is 368 g/mol. The third-order valence-electron chi connectivity index (χ3n) is 2.79. The lowest BCUT2D eigenvalue weighted by molar-refractivity contribution is 0.102. The number of benzene rings is 2. The smallest absolute Gasteiger partial charge is 0.257 e. The summed E-state index contributed by atoms with van der Waals surface area (Å²) in [5.74, 6) is -0.179. The molecule has 0 aromatic heterocycles. The number of halogens is 2. The fourth-order valence-electron chi connectivity index (χ4n) is 1.90. The van der Waals surface area contributed by atoms with E-state index >= 15 is 0 Å². The van der Waals surface area contributed by atoms with Gasteiger partial charge in [-0.05, 0) is 60.1 Å². The number of hydrogen-bond acceptors (Lipinski definition) is 2. The van der Waals surface area contributed by atoms with E-state index in [4.69, 9.17) is 11.6 Å². The van der Waals surface area contributed by atoms with Crippen molar-refractivity contribution in [2.75, 3.05) is 10.6 Å². The van der Waals surface area contributed by atoms with Crippen LogP contribution < -0.4 is 10.6 Å². The van der Waals surface area contributed by atoms with Crippen LogP contribution in [0, 0.1) is 0 Å². The first kappa shape index (κ1) is 15.9. The van der Waals surface area contributed by atoms with Crippen LogP contribution in [0.1, 0.15) is 24.2 Å². The molecule has 110 valence electrons. The maximum atomic E-state index is 12.5. The number of para-hydroxylation sites is 1. The van der Waals surface area contributed by atoms with Crippen LogP contribution in [0.2, 0.25) is 5.02 Å². The first-order valence-electron chi connectivity index (χ1n) is 6.59. The third kappa shape index (κ3) is 4.22. The van der Waals surface area contributed by atoms with Crippen LogP contribution >= 0.6 is 27.5 Å². The molecule has 0 saturated heterocycles. The van der Waals surface area contributed by atoms with Gasteiger partial charge >= 0.3 is 0 Å². The van der Waals surface area contributed by atoms with Gasteiger partial charge < -0.3 is 10.6 Å². The van der Waals surface area contributed by atoms with Crippen LogP contribution in [0.15, 0.2) is 46.9 Å². The first-order chi connectivity index (χ1) is 9.97. The SMILES string of the molecule is CC(C)Nc1ccccc1C(=O)Nc1cc(Cl)ccc1Br. The summed E-state index contributed by atoms with van der Waals surface area (Å²) in [6.45, 7) is 4.06. The lowest BCUT2D eigenvalue weighted by Crippen LogP contribution is -2.17. The Kier molecular flexibility index (Phi) is 5.26. The molecule has 0 radical (unpaired) electrons. The van der Waals surface area contributed by atoms with Crippen molar-refractivity contribution >= 4 is 44.8 Å². The van der Waals surface area contributed by atoms with Crippen molar-refractivity contribution in [1.29, 1.82) is 0 Å². The second-order valence-electron chi connectivity index (χ2n) is 4.92. The lowest BCUT2D eigenvalue weighted by Gasteiger charge is -2.15. The van der Waals surface area contributed by atoms with Gasteiger partial charge in [0, 0.05) is 21.2 Å². The number of hydrogen-bond donors (Lipinski definition) is 2. The van der Waals surface area contributed by atoms with Crippen LogP contribution in [0.25, 0.3) is 0 Å². The number of anilines is 2. The maximum absolute atomic E-state index is 12.5. The third-order valence-corrected chi connectivity index (χ3v) is 3.72. The summed E-state index contributed by atoms with van der Waals surface area (Å²) in [4.78, 5) is 12.5. The number of rotatable bonds is 4. The standard InChI is InChI=1S/C16H16BrClN2O/c1-10(2)19-14-6-4-3-5-12(14)16(21)20-15-9-11(18)7-8-13(15)17/h3-10,19H,1-2H3,(H,20,21). The zero-order chi connectivity index (χ0) is 15.4. The van der Waals surface area contributed by atoms with Gasteiger partial charge in [0.15, 0.2) is 0 Å². The Morgan fingerprint density at radius 3 is 2.57 bits per heavy atom. The van der Waals surface area contributed by atoms with E-state index in [9.17, 15) is 4.79 Å². The molecule has 2 N–H and O–H groups in total. The van der Waals surface area contributed by atoms with Gasteiger partial charge in [0.1, 0.15) is 0 Å². The Labute approximate surface area is 137 Å². The van der Waals surface area contributed by atoms with Gasteiger partial charge in [-0.15, -0.1) is 0 Å². The van der Waals surface area contributed by atoms with E-state index in [1.165, 1.54) is 0 Å². The van der Waals surface area contributed by atoms with E-state index in [0.717, 1.165) is 10.2 Å². The quantitative estimate of drug-likeness (QED) is 0.782. The maximum Gasteiger partial charge on any atom is 0.257 e. The van der Waals surface area contributed by atoms with Gasteiger partial charge in [-0.25, -0.2) is 0 Å². The van der Waals surface area contributed by atoms with Crippen molar-refractivity contribution in [3.8, 4) is 0 Å². The minimum Gasteiger partial charge on any atom is -0.382 e. The molecule has 0 aliphatic rings. The topological polar surface area (TPSA) is 41.1 Å². The molecule has 0 bridgehead atoms. The van der Waals surface area contributed by atoms with Crippen LogP contribution in [-0.4, -0.2) is 11.9 Å². The second kappa shape index (κ2) is 6.96. The zero-order valence-corrected chi connectivity index (χ0v) is 14.1. The van der Waals surface area contributed by atoms with Gasteiger partial charge in [-0.3, -0.25) is 4.79 Å². The normalized spacial score (nSPS) is 10.5. The van der Waals surface area contributed by atoms with E-state index in [1.54, 1.807) is 24.3 Å². The number of nitrogens with one attached hydrogen (secondary N) is 2. The van der Waals surface area contributed by atoms with Crippen molar-refractivity contribution in [3.05, 3.63) is 57.5 Å². The zero-order valence-electron chi connectivity index (χ0n) is 11.8. The van der Waals surface area contributed by atoms with Crippen molar-refractivity contribution in [2.45, 2.75) is 19.9 Å². The van der Waals surface area contributed by atoms with Crippen LogP contribution in [0.5, 0.6) is 0 Å². The molecule has 0 heterocycles. The molecule has 0 fully saturated rings. The predicted molar refractivity (Wildman–Crippen MR) is 92.3 cm³/mol. The van der Waals surface area contributed by atoms with Crippen molar-refractivity contribution in [2.24, 2.45) is 0 Å². The van der Waals surface area contributed by atoms with Gasteiger partial charge in [-0.1, -0.05) is 23.7 Å². The van der Waals surface area contributed by atoms with Crippen molar-refractivity contribution < 1.29 is 4.79 Å². The number of amides is 1. The largest absolute Gasteiger partial charge is 0.382 e. The highest BCUT2D eigenvalue weighted by molar-refractivity contribution is 9.10. The van der Waals surface area contributed by atoms with Gasteiger partial charge in [0.2, 0.25) is 0 Å². The van der Waals surface area contributed by atoms with Crippen LogP contribution in [0.3, 0.4) is 0 Å². The molecule has 0 unspecified atom stereocenters. The highest BCUT2D eigenvalue weighted by Gasteiger charge is 2.13. The average Bonchev–Trinajstić information content (AvgIpc) is 2.42. The number of carbonyl (C=O) groups excluding carboxylic acids is 1. The van der Waals surface area contributed by atoms with Gasteiger partial charge in [-0.2, -0.15) is 0 Å². The Bertz CT molecular complexity index is 658. The Morgan fingerprint density at radius 2 is 1.86 bits per heavy atom. The lowest BCUT2D eigenvalue weighted by atomic mass is 10.1. The molecule has 1 amide bonds. The molecule has 0 saturated carbocycles. The van der Waals surface area contributed by atoms with E-state index in [1.807, 2.05) is 32.0 Å². The molecule has 2 aromatic carbocycles. The summed E-state index contributed by atoms with van der Waals surface area (Å²) >= 11 is 9.36. The minimum absolute atomic E-state index is 0.179. The molecule has 3 nitrogen and oxygen atoms in total. The summed E-state index contributed by atoms with van der Waals surface area (Å²) in [6, 6.07) is 12.9. The fraction of sp³-hybridized carbons (Fsp3) is 0.188. The predicted octanol–water partition coefficient (Wildman–Crippen LogP) is 5.18. The second-order valence-corrected chi connectivity index (χ2v) is 6.21. The monoisotopic (exact) mass is 366 g/mol. The summed E-state index contributed by atoms with van der Waals surface area (Å²) < 4.78 is 0.787. The van der Waals surface area contributed by atoms with E-state index in [0.29, 0.717) is 16.3 Å². The first-order valence-corrected chi connectivity index (χ1v) is 7.76. The molecular weight excluding hydrogens is 352 g/mol.